The molecule has 2 aromatic carbocycles. The minimum atomic E-state index is 0.502. The molecule has 1 N–H and O–H groups in total. The predicted molar refractivity (Wildman–Crippen MR) is 66.2 cm³/mol. The standard InChI is InChI=1S/C15H15N/c1-11-6-5-9-13(10-11)15-14(16-15)12-7-3-2-4-8-12/h2-10,14-16H,1H3. The summed E-state index contributed by atoms with van der Waals surface area (Å²) >= 11 is 0. The van der Waals surface area contributed by atoms with Gasteiger partial charge in [-0.25, -0.2) is 0 Å². The van der Waals surface area contributed by atoms with Crippen molar-refractivity contribution in [3.05, 3.63) is 71.3 Å². The number of hydrogen-bond donors (Lipinski definition) is 1. The third-order valence-electron chi connectivity index (χ3n) is 3.14. The van der Waals surface area contributed by atoms with Crippen LogP contribution in [-0.2, 0) is 0 Å². The van der Waals surface area contributed by atoms with Crippen molar-refractivity contribution in [2.45, 2.75) is 19.0 Å². The van der Waals surface area contributed by atoms with Gasteiger partial charge in [0.25, 0.3) is 0 Å². The second-order valence-corrected chi connectivity index (χ2v) is 4.45. The molecule has 16 heavy (non-hydrogen) atoms. The van der Waals surface area contributed by atoms with E-state index in [1.807, 2.05) is 0 Å². The van der Waals surface area contributed by atoms with E-state index in [9.17, 15) is 0 Å². The van der Waals surface area contributed by atoms with Crippen molar-refractivity contribution in [2.24, 2.45) is 0 Å². The van der Waals surface area contributed by atoms with Crippen molar-refractivity contribution in [3.8, 4) is 0 Å². The van der Waals surface area contributed by atoms with Crippen molar-refractivity contribution in [1.82, 2.24) is 5.32 Å². The summed E-state index contributed by atoms with van der Waals surface area (Å²) in [6, 6.07) is 20.4. The minimum Gasteiger partial charge on any atom is -0.300 e. The molecular formula is C15H15N. The van der Waals surface area contributed by atoms with Crippen LogP contribution in [0.4, 0.5) is 0 Å². The van der Waals surface area contributed by atoms with Crippen molar-refractivity contribution in [3.63, 3.8) is 0 Å². The Morgan fingerprint density at radius 2 is 1.50 bits per heavy atom. The Hall–Kier alpha value is -1.60. The van der Waals surface area contributed by atoms with Crippen LogP contribution < -0.4 is 5.32 Å². The van der Waals surface area contributed by atoms with E-state index < -0.39 is 0 Å². The van der Waals surface area contributed by atoms with Gasteiger partial charge in [0, 0.05) is 0 Å². The fourth-order valence-electron chi connectivity index (χ4n) is 2.24. The molecule has 1 aliphatic rings. The van der Waals surface area contributed by atoms with Gasteiger partial charge in [0.15, 0.2) is 0 Å². The molecule has 0 saturated carbocycles. The molecule has 80 valence electrons. The molecule has 0 spiro atoms. The fourth-order valence-corrected chi connectivity index (χ4v) is 2.24. The maximum Gasteiger partial charge on any atom is 0.0523 e. The minimum absolute atomic E-state index is 0.502. The lowest BCUT2D eigenvalue weighted by Gasteiger charge is -2.00. The highest BCUT2D eigenvalue weighted by Crippen LogP contribution is 2.42. The largest absolute Gasteiger partial charge is 0.300 e. The Balaban J connectivity index is 1.82. The van der Waals surface area contributed by atoms with Crippen molar-refractivity contribution in [2.75, 3.05) is 0 Å². The quantitative estimate of drug-likeness (QED) is 0.752. The molecule has 1 heterocycles. The van der Waals surface area contributed by atoms with Crippen molar-refractivity contribution in [1.29, 1.82) is 0 Å². The van der Waals surface area contributed by atoms with Gasteiger partial charge >= 0.3 is 0 Å². The first-order chi connectivity index (χ1) is 7.84. The molecule has 2 aromatic rings. The molecule has 1 saturated heterocycles. The zero-order valence-electron chi connectivity index (χ0n) is 9.35. The number of hydrogen-bond acceptors (Lipinski definition) is 1. The highest BCUT2D eigenvalue weighted by molar-refractivity contribution is 5.35. The van der Waals surface area contributed by atoms with Crippen LogP contribution in [0.25, 0.3) is 0 Å². The van der Waals surface area contributed by atoms with E-state index in [-0.39, 0.29) is 0 Å². The summed E-state index contributed by atoms with van der Waals surface area (Å²) in [4.78, 5) is 0. The monoisotopic (exact) mass is 209 g/mol. The maximum atomic E-state index is 3.53. The van der Waals surface area contributed by atoms with E-state index in [2.05, 4.69) is 66.8 Å². The van der Waals surface area contributed by atoms with Gasteiger partial charge in [0.2, 0.25) is 0 Å². The van der Waals surface area contributed by atoms with Gasteiger partial charge in [-0.1, -0.05) is 60.2 Å². The Bertz CT molecular complexity index is 490. The molecular weight excluding hydrogens is 194 g/mol. The van der Waals surface area contributed by atoms with Crippen molar-refractivity contribution >= 4 is 0 Å². The van der Waals surface area contributed by atoms with E-state index >= 15 is 0 Å². The van der Waals surface area contributed by atoms with Gasteiger partial charge in [0.1, 0.15) is 0 Å². The van der Waals surface area contributed by atoms with Crippen LogP contribution in [0.2, 0.25) is 0 Å². The Morgan fingerprint density at radius 3 is 2.25 bits per heavy atom. The molecule has 0 amide bonds. The van der Waals surface area contributed by atoms with Crippen LogP contribution in [0.5, 0.6) is 0 Å². The zero-order valence-corrected chi connectivity index (χ0v) is 9.35. The predicted octanol–water partition coefficient (Wildman–Crippen LogP) is 3.38. The molecule has 2 atom stereocenters. The first kappa shape index (κ1) is 9.61. The molecule has 0 radical (unpaired) electrons. The van der Waals surface area contributed by atoms with E-state index in [0.29, 0.717) is 12.1 Å². The highest BCUT2D eigenvalue weighted by Gasteiger charge is 2.38. The van der Waals surface area contributed by atoms with Crippen LogP contribution in [0.1, 0.15) is 28.8 Å². The maximum absolute atomic E-state index is 3.53. The number of aryl methyl sites for hydroxylation is 1. The highest BCUT2D eigenvalue weighted by atomic mass is 15.1. The smallest absolute Gasteiger partial charge is 0.0523 e. The Labute approximate surface area is 96.1 Å². The molecule has 1 heteroatoms. The molecule has 1 fully saturated rings. The number of nitrogens with one attached hydrogen (secondary N) is 1. The first-order valence-electron chi connectivity index (χ1n) is 5.72. The van der Waals surface area contributed by atoms with Crippen LogP contribution in [0.3, 0.4) is 0 Å². The Morgan fingerprint density at radius 1 is 0.812 bits per heavy atom. The molecule has 1 aliphatic heterocycles. The van der Waals surface area contributed by atoms with Gasteiger partial charge in [-0.05, 0) is 18.1 Å². The molecule has 0 aromatic heterocycles. The summed E-state index contributed by atoms with van der Waals surface area (Å²) < 4.78 is 0. The average Bonchev–Trinajstić information content (AvgIpc) is 3.10. The summed E-state index contributed by atoms with van der Waals surface area (Å²) in [6.45, 7) is 2.14. The lowest BCUT2D eigenvalue weighted by atomic mass is 10.0. The van der Waals surface area contributed by atoms with E-state index in [0.717, 1.165) is 0 Å². The van der Waals surface area contributed by atoms with Gasteiger partial charge in [0.05, 0.1) is 12.1 Å². The van der Waals surface area contributed by atoms with Gasteiger partial charge in [-0.3, -0.25) is 5.32 Å². The average molecular weight is 209 g/mol. The molecule has 0 aliphatic carbocycles. The summed E-state index contributed by atoms with van der Waals surface area (Å²) in [6.07, 6.45) is 0. The molecule has 1 nitrogen and oxygen atoms in total. The SMILES string of the molecule is Cc1cccc(C2NC2c2ccccc2)c1. The Kier molecular flexibility index (Phi) is 2.26. The topological polar surface area (TPSA) is 21.9 Å². The summed E-state index contributed by atoms with van der Waals surface area (Å²) in [5.74, 6) is 0. The van der Waals surface area contributed by atoms with Crippen LogP contribution in [0.15, 0.2) is 54.6 Å². The lowest BCUT2D eigenvalue weighted by Crippen LogP contribution is -1.85. The van der Waals surface area contributed by atoms with Crippen LogP contribution >= 0.6 is 0 Å². The zero-order chi connectivity index (χ0) is 11.0. The molecule has 0 bridgehead atoms. The van der Waals surface area contributed by atoms with Crippen LogP contribution in [-0.4, -0.2) is 0 Å². The lowest BCUT2D eigenvalue weighted by molar-refractivity contribution is 1.02. The van der Waals surface area contributed by atoms with Gasteiger partial charge in [-0.15, -0.1) is 0 Å². The van der Waals surface area contributed by atoms with Crippen LogP contribution in [0, 0.1) is 6.92 Å². The second kappa shape index (κ2) is 3.76. The summed E-state index contributed by atoms with van der Waals surface area (Å²) in [5.41, 5.74) is 4.11. The molecule has 3 rings (SSSR count). The third-order valence-corrected chi connectivity index (χ3v) is 3.14. The fraction of sp³-hybridized carbons (Fsp3) is 0.200. The van der Waals surface area contributed by atoms with Crippen molar-refractivity contribution < 1.29 is 0 Å². The number of rotatable bonds is 2. The summed E-state index contributed by atoms with van der Waals surface area (Å²) in [5, 5.41) is 3.53. The van der Waals surface area contributed by atoms with Gasteiger partial charge in [-0.2, -0.15) is 0 Å². The van der Waals surface area contributed by atoms with E-state index in [1.54, 1.807) is 0 Å². The normalized spacial score (nSPS) is 23.1. The first-order valence-corrected chi connectivity index (χ1v) is 5.72. The van der Waals surface area contributed by atoms with Gasteiger partial charge < -0.3 is 0 Å². The van der Waals surface area contributed by atoms with E-state index in [1.165, 1.54) is 16.7 Å². The summed E-state index contributed by atoms with van der Waals surface area (Å²) in [7, 11) is 0. The van der Waals surface area contributed by atoms with E-state index in [4.69, 9.17) is 0 Å². The second-order valence-electron chi connectivity index (χ2n) is 4.45. The third kappa shape index (κ3) is 1.74. The number of benzene rings is 2. The molecule has 2 unspecified atom stereocenters.